The molecule has 3 heteroatoms. The average Bonchev–Trinajstić information content (AvgIpc) is 2.92. The Hall–Kier alpha value is -2.39. The van der Waals surface area contributed by atoms with Gasteiger partial charge < -0.3 is 9.64 Å². The zero-order valence-electron chi connectivity index (χ0n) is 14.5. The van der Waals surface area contributed by atoms with Crippen molar-refractivity contribution in [2.45, 2.75) is 26.3 Å². The predicted octanol–water partition coefficient (Wildman–Crippen LogP) is 4.63. The molecule has 124 valence electrons. The van der Waals surface area contributed by atoms with Crippen molar-refractivity contribution in [3.63, 3.8) is 0 Å². The van der Waals surface area contributed by atoms with Gasteiger partial charge in [-0.1, -0.05) is 43.3 Å². The smallest absolute Gasteiger partial charge is 0.258 e. The minimum absolute atomic E-state index is 0.0778. The van der Waals surface area contributed by atoms with Gasteiger partial charge in [0.05, 0.1) is 13.2 Å². The van der Waals surface area contributed by atoms with Gasteiger partial charge >= 0.3 is 0 Å². The van der Waals surface area contributed by atoms with E-state index in [0.717, 1.165) is 22.4 Å². The molecule has 0 saturated carbocycles. The zero-order valence-corrected chi connectivity index (χ0v) is 14.5. The Morgan fingerprint density at radius 1 is 1.21 bits per heavy atom. The van der Waals surface area contributed by atoms with Crippen LogP contribution >= 0.6 is 0 Å². The van der Waals surface area contributed by atoms with E-state index in [4.69, 9.17) is 4.74 Å². The van der Waals surface area contributed by atoms with Gasteiger partial charge in [-0.2, -0.15) is 0 Å². The number of hydrogen-bond acceptors (Lipinski definition) is 2. The average molecular weight is 321 g/mol. The number of carbonyl (C=O) groups is 1. The highest BCUT2D eigenvalue weighted by Gasteiger charge is 2.28. The molecule has 1 amide bonds. The summed E-state index contributed by atoms with van der Waals surface area (Å²) in [7, 11) is 1.72. The number of ether oxygens (including phenoxy) is 1. The molecule has 2 aromatic rings. The van der Waals surface area contributed by atoms with Gasteiger partial charge in [-0.25, -0.2) is 0 Å². The lowest BCUT2D eigenvalue weighted by molar-refractivity contribution is 0.0996. The molecular formula is C21H23NO2. The maximum absolute atomic E-state index is 12.8. The summed E-state index contributed by atoms with van der Waals surface area (Å²) in [4.78, 5) is 14.6. The van der Waals surface area contributed by atoms with Crippen molar-refractivity contribution in [2.75, 3.05) is 18.6 Å². The maximum Gasteiger partial charge on any atom is 0.258 e. The number of anilines is 1. The topological polar surface area (TPSA) is 29.5 Å². The molecule has 3 nitrogen and oxygen atoms in total. The van der Waals surface area contributed by atoms with Crippen molar-refractivity contribution >= 4 is 17.7 Å². The summed E-state index contributed by atoms with van der Waals surface area (Å²) >= 11 is 0. The molecular weight excluding hydrogens is 298 g/mol. The molecule has 0 aliphatic carbocycles. The third-order valence-corrected chi connectivity index (χ3v) is 4.49. The van der Waals surface area contributed by atoms with Gasteiger partial charge in [-0.15, -0.1) is 0 Å². The third-order valence-electron chi connectivity index (χ3n) is 4.49. The molecule has 3 rings (SSSR count). The van der Waals surface area contributed by atoms with Crippen LogP contribution in [0.1, 0.15) is 46.8 Å². The number of allylic oxidation sites excluding steroid dienone is 1. The van der Waals surface area contributed by atoms with Gasteiger partial charge in [0.15, 0.2) is 0 Å². The predicted molar refractivity (Wildman–Crippen MR) is 98.4 cm³/mol. The van der Waals surface area contributed by atoms with Crippen LogP contribution in [-0.2, 0) is 11.3 Å². The van der Waals surface area contributed by atoms with E-state index in [9.17, 15) is 4.79 Å². The Labute approximate surface area is 143 Å². The number of hydrogen-bond donors (Lipinski definition) is 0. The van der Waals surface area contributed by atoms with E-state index in [1.54, 1.807) is 7.11 Å². The van der Waals surface area contributed by atoms with Crippen LogP contribution in [0.4, 0.5) is 5.69 Å². The first-order chi connectivity index (χ1) is 11.6. The second kappa shape index (κ2) is 7.02. The summed E-state index contributed by atoms with van der Waals surface area (Å²) in [6.45, 7) is 5.45. The molecule has 0 bridgehead atoms. The van der Waals surface area contributed by atoms with Crippen LogP contribution in [0.3, 0.4) is 0 Å². The number of amides is 1. The molecule has 0 spiro atoms. The van der Waals surface area contributed by atoms with Crippen LogP contribution in [0.25, 0.3) is 6.08 Å². The van der Waals surface area contributed by atoms with Crippen molar-refractivity contribution in [1.82, 2.24) is 0 Å². The van der Waals surface area contributed by atoms with E-state index in [1.807, 2.05) is 42.2 Å². The summed E-state index contributed by atoms with van der Waals surface area (Å²) in [6.07, 6.45) is 4.00. The molecule has 0 N–H and O–H groups in total. The lowest BCUT2D eigenvalue weighted by atomic mass is 10.0. The largest absolute Gasteiger partial charge is 0.384 e. The van der Waals surface area contributed by atoms with E-state index in [-0.39, 0.29) is 5.91 Å². The van der Waals surface area contributed by atoms with E-state index in [0.29, 0.717) is 19.1 Å². The summed E-state index contributed by atoms with van der Waals surface area (Å²) < 4.78 is 5.21. The molecule has 0 fully saturated rings. The van der Waals surface area contributed by atoms with Gasteiger partial charge in [0.2, 0.25) is 0 Å². The molecule has 0 aromatic heterocycles. The van der Waals surface area contributed by atoms with Crippen molar-refractivity contribution in [2.24, 2.45) is 0 Å². The highest BCUT2D eigenvalue weighted by molar-refractivity contribution is 6.10. The molecule has 1 atom stereocenters. The fourth-order valence-corrected chi connectivity index (χ4v) is 3.15. The van der Waals surface area contributed by atoms with E-state index < -0.39 is 0 Å². The van der Waals surface area contributed by atoms with Crippen LogP contribution in [0, 0.1) is 0 Å². The van der Waals surface area contributed by atoms with E-state index in [2.05, 4.69) is 31.2 Å². The summed E-state index contributed by atoms with van der Waals surface area (Å²) in [5.41, 5.74) is 5.12. The number of benzene rings is 2. The monoisotopic (exact) mass is 321 g/mol. The molecule has 0 saturated heterocycles. The Morgan fingerprint density at radius 3 is 2.62 bits per heavy atom. The summed E-state index contributed by atoms with van der Waals surface area (Å²) in [5, 5.41) is 0. The van der Waals surface area contributed by atoms with Crippen LogP contribution in [0.15, 0.2) is 48.5 Å². The van der Waals surface area contributed by atoms with Gasteiger partial charge in [-0.3, -0.25) is 4.79 Å². The second-order valence-electron chi connectivity index (χ2n) is 6.26. The quantitative estimate of drug-likeness (QED) is 0.803. The summed E-state index contributed by atoms with van der Waals surface area (Å²) in [6, 6.07) is 14.3. The fraction of sp³-hybridized carbons (Fsp3) is 0.286. The molecule has 24 heavy (non-hydrogen) atoms. The first-order valence-electron chi connectivity index (χ1n) is 8.30. The zero-order chi connectivity index (χ0) is 17.1. The van der Waals surface area contributed by atoms with Crippen molar-refractivity contribution in [1.29, 1.82) is 0 Å². The van der Waals surface area contributed by atoms with Crippen LogP contribution in [0.5, 0.6) is 0 Å². The first kappa shape index (κ1) is 16.5. The highest BCUT2D eigenvalue weighted by atomic mass is 16.5. The van der Waals surface area contributed by atoms with Crippen LogP contribution < -0.4 is 4.90 Å². The number of carbonyl (C=O) groups excluding carboxylic acids is 1. The maximum atomic E-state index is 12.8. The molecule has 1 aliphatic heterocycles. The van der Waals surface area contributed by atoms with Gasteiger partial charge in [-0.05, 0) is 41.8 Å². The fourth-order valence-electron chi connectivity index (χ4n) is 3.15. The Morgan fingerprint density at radius 2 is 1.96 bits per heavy atom. The third kappa shape index (κ3) is 3.13. The number of rotatable bonds is 5. The molecule has 2 aromatic carbocycles. The molecule has 1 heterocycles. The number of nitrogens with zero attached hydrogens (tertiary/aromatic N) is 1. The Kier molecular flexibility index (Phi) is 4.81. The van der Waals surface area contributed by atoms with E-state index in [1.165, 1.54) is 5.56 Å². The van der Waals surface area contributed by atoms with Gasteiger partial charge in [0, 0.05) is 24.3 Å². The Balaban J connectivity index is 1.82. The normalized spacial score (nSPS) is 15.1. The van der Waals surface area contributed by atoms with Gasteiger partial charge in [0.1, 0.15) is 0 Å². The van der Waals surface area contributed by atoms with Gasteiger partial charge in [0.25, 0.3) is 5.91 Å². The van der Waals surface area contributed by atoms with E-state index >= 15 is 0 Å². The van der Waals surface area contributed by atoms with Crippen molar-refractivity contribution in [3.8, 4) is 0 Å². The highest BCUT2D eigenvalue weighted by Crippen LogP contribution is 2.30. The molecule has 1 aliphatic rings. The standard InChI is InChI=1S/C21H23NO2/c1-4-5-16-6-7-18-13-22(21(23)20(18)12-16)19-10-8-17(9-11-19)15(2)14-24-3/h4-12,15H,13-14H2,1-3H3. The first-order valence-corrected chi connectivity index (χ1v) is 8.30. The van der Waals surface area contributed by atoms with Crippen molar-refractivity contribution < 1.29 is 9.53 Å². The number of methoxy groups -OCH3 is 1. The van der Waals surface area contributed by atoms with Crippen LogP contribution in [0.2, 0.25) is 0 Å². The molecule has 0 radical (unpaired) electrons. The Bertz CT molecular complexity index is 762. The minimum atomic E-state index is 0.0778. The summed E-state index contributed by atoms with van der Waals surface area (Å²) in [5.74, 6) is 0.424. The minimum Gasteiger partial charge on any atom is -0.384 e. The molecule has 1 unspecified atom stereocenters. The lowest BCUT2D eigenvalue weighted by Gasteiger charge is -2.17. The lowest BCUT2D eigenvalue weighted by Crippen LogP contribution is -2.22. The SMILES string of the molecule is CC=Cc1ccc2c(c1)C(=O)N(c1ccc(C(C)COC)cc1)C2. The van der Waals surface area contributed by atoms with Crippen molar-refractivity contribution in [3.05, 3.63) is 70.8 Å². The number of fused-ring (bicyclic) bond motifs is 1. The van der Waals surface area contributed by atoms with Crippen LogP contribution in [-0.4, -0.2) is 19.6 Å². The second-order valence-corrected chi connectivity index (χ2v) is 6.26.